The van der Waals surface area contributed by atoms with E-state index in [4.69, 9.17) is 18.9 Å². The minimum Gasteiger partial charge on any atom is -0.504 e. The topological polar surface area (TPSA) is 123 Å². The number of carbonyl (C=O) groups is 1. The number of aliphatic imine (C=N–C) groups is 1. The van der Waals surface area contributed by atoms with Crippen LogP contribution in [0.25, 0.3) is 0 Å². The number of methoxy groups -OCH3 is 2. The molecule has 2 aromatic carbocycles. The van der Waals surface area contributed by atoms with Gasteiger partial charge in [-0.05, 0) is 118 Å². The summed E-state index contributed by atoms with van der Waals surface area (Å²) in [7, 11) is 6.95. The number of aromatic hydroxyl groups is 1. The Morgan fingerprint density at radius 2 is 2.04 bits per heavy atom. The van der Waals surface area contributed by atoms with E-state index in [0.29, 0.717) is 79.6 Å². The van der Waals surface area contributed by atoms with Gasteiger partial charge in [0, 0.05) is 51.6 Å². The van der Waals surface area contributed by atoms with Crippen molar-refractivity contribution in [2.45, 2.75) is 76.2 Å². The highest BCUT2D eigenvalue weighted by Crippen LogP contribution is 2.50. The first-order valence-corrected chi connectivity index (χ1v) is 18.5. The highest BCUT2D eigenvalue weighted by molar-refractivity contribution is 5.97. The van der Waals surface area contributed by atoms with Crippen molar-refractivity contribution in [3.63, 3.8) is 0 Å². The van der Waals surface area contributed by atoms with Crippen molar-refractivity contribution in [2.24, 2.45) is 28.2 Å². The maximum absolute atomic E-state index is 14.3. The quantitative estimate of drug-likeness (QED) is 0.245. The van der Waals surface area contributed by atoms with Crippen molar-refractivity contribution in [1.29, 1.82) is 0 Å². The van der Waals surface area contributed by atoms with Crippen molar-refractivity contribution in [3.05, 3.63) is 53.6 Å². The van der Waals surface area contributed by atoms with Crippen LogP contribution >= 0.6 is 0 Å². The molecule has 4 bridgehead atoms. The molecule has 2 fully saturated rings. The monoisotopic (exact) mass is 708 g/mol. The summed E-state index contributed by atoms with van der Waals surface area (Å²) >= 11 is 0. The number of nitrogens with one attached hydrogen (secondary N) is 3. The molecule has 4 aliphatic rings. The van der Waals surface area contributed by atoms with Gasteiger partial charge in [0.25, 0.3) is 0 Å². The Labute approximate surface area is 308 Å². The Balaban J connectivity index is 1.34. The van der Waals surface area contributed by atoms with Crippen molar-refractivity contribution in [3.8, 4) is 47.0 Å². The highest BCUT2D eigenvalue weighted by Gasteiger charge is 2.48. The molecule has 0 radical (unpaired) electrons. The second-order valence-corrected chi connectivity index (χ2v) is 14.6. The van der Waals surface area contributed by atoms with Crippen LogP contribution in [0.15, 0.2) is 47.5 Å². The summed E-state index contributed by atoms with van der Waals surface area (Å²) in [6.45, 7) is 1.39. The summed E-state index contributed by atoms with van der Waals surface area (Å²) < 4.78 is 24.1. The zero-order chi connectivity index (χ0) is 36.6. The van der Waals surface area contributed by atoms with Crippen LogP contribution in [0.1, 0.15) is 68.9 Å². The molecular weight excluding hydrogens is 656 g/mol. The number of likely N-dealkylation sites (N-methyl/N-ethyl adjacent to an activating group) is 1. The van der Waals surface area contributed by atoms with E-state index in [1.54, 1.807) is 26.3 Å². The molecule has 0 unspecified atom stereocenters. The van der Waals surface area contributed by atoms with Gasteiger partial charge < -0.3 is 34.7 Å². The maximum Gasteiger partial charge on any atom is 0.207 e. The molecule has 2 saturated carbocycles. The predicted octanol–water partition coefficient (Wildman–Crippen LogP) is 5.98. The fourth-order valence-corrected chi connectivity index (χ4v) is 8.81. The standard InChI is InChI=1S/C42H52N4O6/c1-43-28-41-26-31(32(27-41)17-21-49-3)11-9-20-51-39-34-22-29(23-37(39)52-41)10-5-6-14-38(48)42(25-30-15-16-35(47)36(24-30)50-4)18-7-12-33(42)13-8-19-45-40(44-2)46-34/h6,14-16,22-24,31-33,43,47H,5,7,10-13,17-18,21,25-28H2,1-4H3,(H2,44,45,46)/b14-6+/t31-,32-,33-,41+,42+/m0/s1. The Hall–Kier alpha value is -4.64. The zero-order valence-corrected chi connectivity index (χ0v) is 30.9. The first-order chi connectivity index (χ1) is 25.3. The fraction of sp³-hybridized carbons (Fsp3) is 0.524. The third-order valence-electron chi connectivity index (χ3n) is 11.3. The summed E-state index contributed by atoms with van der Waals surface area (Å²) in [6.07, 6.45) is 15.3. The summed E-state index contributed by atoms with van der Waals surface area (Å²) in [5.41, 5.74) is 1.61. The number of fused-ring (bicyclic) bond motifs is 7. The van der Waals surface area contributed by atoms with E-state index in [-0.39, 0.29) is 17.5 Å². The molecule has 276 valence electrons. The normalized spacial score (nSPS) is 28.3. The van der Waals surface area contributed by atoms with Gasteiger partial charge in [0.15, 0.2) is 23.0 Å². The van der Waals surface area contributed by atoms with Gasteiger partial charge in [0.05, 0.1) is 12.8 Å². The molecule has 6 rings (SSSR count). The first-order valence-electron chi connectivity index (χ1n) is 18.5. The van der Waals surface area contributed by atoms with E-state index in [0.717, 1.165) is 56.1 Å². The van der Waals surface area contributed by atoms with Gasteiger partial charge in [0.2, 0.25) is 11.7 Å². The van der Waals surface area contributed by atoms with Gasteiger partial charge in [-0.25, -0.2) is 0 Å². The van der Waals surface area contributed by atoms with E-state index < -0.39 is 11.0 Å². The Kier molecular flexibility index (Phi) is 12.0. The zero-order valence-electron chi connectivity index (χ0n) is 30.9. The molecule has 2 aromatic rings. The number of guanidine groups is 1. The maximum atomic E-state index is 14.3. The predicted molar refractivity (Wildman–Crippen MR) is 203 cm³/mol. The Morgan fingerprint density at radius 3 is 2.85 bits per heavy atom. The van der Waals surface area contributed by atoms with Gasteiger partial charge in [-0.3, -0.25) is 15.1 Å². The average molecular weight is 709 g/mol. The Morgan fingerprint density at radius 1 is 1.15 bits per heavy atom. The minimum absolute atomic E-state index is 0.0698. The lowest BCUT2D eigenvalue weighted by Crippen LogP contribution is -2.43. The molecule has 10 nitrogen and oxygen atoms in total. The number of hydrogen-bond donors (Lipinski definition) is 4. The number of benzene rings is 2. The van der Waals surface area contributed by atoms with Gasteiger partial charge in [-0.1, -0.05) is 30.4 Å². The van der Waals surface area contributed by atoms with Crippen LogP contribution in [0.5, 0.6) is 23.0 Å². The molecule has 2 aliphatic heterocycles. The number of ketones is 1. The third kappa shape index (κ3) is 8.20. The number of phenolic OH excluding ortho intramolecular Hbond substituents is 1. The van der Waals surface area contributed by atoms with E-state index >= 15 is 0 Å². The van der Waals surface area contributed by atoms with E-state index in [1.165, 1.54) is 7.11 Å². The van der Waals surface area contributed by atoms with Crippen LogP contribution in [0, 0.1) is 47.2 Å². The smallest absolute Gasteiger partial charge is 0.207 e. The number of phenols is 1. The third-order valence-corrected chi connectivity index (χ3v) is 11.3. The molecular formula is C42H52N4O6. The molecule has 10 heteroatoms. The summed E-state index contributed by atoms with van der Waals surface area (Å²) in [6, 6.07) is 12.6. The van der Waals surface area contributed by atoms with Crippen LogP contribution in [-0.2, 0) is 22.4 Å². The lowest BCUT2D eigenvalue weighted by atomic mass is 9.69. The van der Waals surface area contributed by atoms with Crippen molar-refractivity contribution in [1.82, 2.24) is 10.6 Å². The number of nitrogens with zero attached hydrogens (tertiary/aromatic N) is 1. The number of carbonyl (C=O) groups excluding carboxylic acids is 1. The summed E-state index contributed by atoms with van der Waals surface area (Å²) in [5, 5.41) is 20.2. The second-order valence-electron chi connectivity index (χ2n) is 14.6. The molecule has 4 N–H and O–H groups in total. The van der Waals surface area contributed by atoms with Crippen LogP contribution in [0.4, 0.5) is 5.69 Å². The number of rotatable bonds is 8. The molecule has 52 heavy (non-hydrogen) atoms. The van der Waals surface area contributed by atoms with E-state index in [1.807, 2.05) is 31.3 Å². The van der Waals surface area contributed by atoms with Crippen molar-refractivity contribution >= 4 is 17.4 Å². The number of aryl methyl sites for hydroxylation is 1. The number of ether oxygens (including phenoxy) is 4. The molecule has 2 aliphatic carbocycles. The molecule has 2 heterocycles. The van der Waals surface area contributed by atoms with Crippen LogP contribution in [0.3, 0.4) is 0 Å². The van der Waals surface area contributed by atoms with Gasteiger partial charge >= 0.3 is 0 Å². The van der Waals surface area contributed by atoms with Crippen molar-refractivity contribution in [2.75, 3.05) is 46.8 Å². The van der Waals surface area contributed by atoms with E-state index in [9.17, 15) is 9.90 Å². The minimum atomic E-state index is -0.606. The highest BCUT2D eigenvalue weighted by atomic mass is 16.5. The van der Waals surface area contributed by atoms with Crippen molar-refractivity contribution < 1.29 is 28.8 Å². The summed E-state index contributed by atoms with van der Waals surface area (Å²) in [5.74, 6) is 9.68. The fourth-order valence-electron chi connectivity index (χ4n) is 8.81. The summed E-state index contributed by atoms with van der Waals surface area (Å²) in [4.78, 5) is 18.7. The Bertz CT molecular complexity index is 1800. The lowest BCUT2D eigenvalue weighted by molar-refractivity contribution is -0.125. The first kappa shape index (κ1) is 37.1. The van der Waals surface area contributed by atoms with Crippen LogP contribution in [0.2, 0.25) is 0 Å². The SMILES string of the molecule is CN=C1NC#CC[C@@H]2CCC[C@]2(Cc2ccc(O)c(OC)c2)C(=O)/C=C/CCc2cc(c3c(c2)O[C@]2(CNC)C[C@H](CC#CO3)[C@@H](CCOC)C2)N1. The molecule has 5 atom stereocenters. The van der Waals surface area contributed by atoms with E-state index in [2.05, 4.69) is 51.0 Å². The van der Waals surface area contributed by atoms with Crippen LogP contribution < -0.4 is 30.2 Å². The molecule has 0 amide bonds. The number of allylic oxidation sites excluding steroid dienone is 2. The second kappa shape index (κ2) is 16.8. The lowest BCUT2D eigenvalue weighted by Gasteiger charge is -2.33. The average Bonchev–Trinajstić information content (AvgIpc) is 3.70. The number of hydrogen-bond acceptors (Lipinski definition) is 8. The molecule has 0 spiro atoms. The van der Waals surface area contributed by atoms with Crippen LogP contribution in [-0.4, -0.2) is 63.9 Å². The molecule has 0 aromatic heterocycles. The van der Waals surface area contributed by atoms with Gasteiger partial charge in [-0.2, -0.15) is 0 Å². The van der Waals surface area contributed by atoms with Gasteiger partial charge in [0.1, 0.15) is 11.7 Å². The number of anilines is 1. The molecule has 0 saturated heterocycles. The largest absolute Gasteiger partial charge is 0.504 e. The van der Waals surface area contributed by atoms with Gasteiger partial charge in [-0.15, -0.1) is 0 Å².